The maximum absolute atomic E-state index is 6.28. The summed E-state index contributed by atoms with van der Waals surface area (Å²) in [5.74, 6) is 1.63. The summed E-state index contributed by atoms with van der Waals surface area (Å²) in [6.07, 6.45) is 3.39. The summed E-state index contributed by atoms with van der Waals surface area (Å²) in [5.41, 5.74) is 7.16. The van der Waals surface area contributed by atoms with Crippen molar-refractivity contribution in [3.8, 4) is 5.75 Å². The minimum atomic E-state index is 0.289. The quantitative estimate of drug-likeness (QED) is 0.923. The highest BCUT2D eigenvalue weighted by atomic mass is 16.5. The smallest absolute Gasteiger partial charge is 0.124 e. The first kappa shape index (κ1) is 14.8. The molecule has 4 heteroatoms. The lowest BCUT2D eigenvalue weighted by Crippen LogP contribution is -2.27. The van der Waals surface area contributed by atoms with Gasteiger partial charge in [-0.15, -0.1) is 0 Å². The van der Waals surface area contributed by atoms with E-state index in [4.69, 9.17) is 15.2 Å². The monoisotopic (exact) mass is 290 g/mol. The van der Waals surface area contributed by atoms with Gasteiger partial charge in [-0.1, -0.05) is 18.2 Å². The van der Waals surface area contributed by atoms with E-state index >= 15 is 0 Å². The van der Waals surface area contributed by atoms with Crippen molar-refractivity contribution in [1.82, 2.24) is 4.90 Å². The molecule has 0 amide bonds. The van der Waals surface area contributed by atoms with Crippen molar-refractivity contribution in [2.24, 2.45) is 11.7 Å². The van der Waals surface area contributed by atoms with Crippen molar-refractivity contribution in [2.45, 2.75) is 31.4 Å². The predicted octanol–water partition coefficient (Wildman–Crippen LogP) is 2.20. The lowest BCUT2D eigenvalue weighted by molar-refractivity contribution is 0.0247. The van der Waals surface area contributed by atoms with Crippen LogP contribution in [0.1, 0.15) is 30.9 Å². The number of hydrogen-bond donors (Lipinski definition) is 1. The van der Waals surface area contributed by atoms with Crippen molar-refractivity contribution in [3.63, 3.8) is 0 Å². The topological polar surface area (TPSA) is 47.7 Å². The van der Waals surface area contributed by atoms with Crippen LogP contribution in [0.2, 0.25) is 0 Å². The molecular formula is C17H26N2O2. The fourth-order valence-electron chi connectivity index (χ4n) is 3.48. The number of rotatable bonds is 4. The number of likely N-dealkylation sites (tertiary alicyclic amines) is 1. The Morgan fingerprint density at radius 1 is 1.29 bits per heavy atom. The third-order valence-electron chi connectivity index (χ3n) is 4.71. The normalized spacial score (nSPS) is 27.9. The fourth-order valence-corrected chi connectivity index (χ4v) is 3.48. The Bertz CT molecular complexity index is 460. The van der Waals surface area contributed by atoms with E-state index in [1.54, 1.807) is 0 Å². The molecule has 2 unspecified atom stereocenters. The summed E-state index contributed by atoms with van der Waals surface area (Å²) in [5, 5.41) is 0. The molecule has 21 heavy (non-hydrogen) atoms. The molecule has 4 nitrogen and oxygen atoms in total. The first-order chi connectivity index (χ1) is 10.3. The highest BCUT2D eigenvalue weighted by Gasteiger charge is 2.31. The first-order valence-corrected chi connectivity index (χ1v) is 8.01. The van der Waals surface area contributed by atoms with Crippen LogP contribution in [0.4, 0.5) is 0 Å². The molecular weight excluding hydrogens is 264 g/mol. The van der Waals surface area contributed by atoms with Crippen molar-refractivity contribution in [1.29, 1.82) is 0 Å². The Morgan fingerprint density at radius 3 is 2.76 bits per heavy atom. The summed E-state index contributed by atoms with van der Waals surface area (Å²) >= 11 is 0. The molecule has 3 rings (SSSR count). The Labute approximate surface area is 127 Å². The summed E-state index contributed by atoms with van der Waals surface area (Å²) in [7, 11) is 2.19. The second-order valence-electron chi connectivity index (χ2n) is 6.26. The van der Waals surface area contributed by atoms with Gasteiger partial charge in [-0.25, -0.2) is 0 Å². The van der Waals surface area contributed by atoms with Gasteiger partial charge < -0.3 is 15.2 Å². The predicted molar refractivity (Wildman–Crippen MR) is 83.4 cm³/mol. The molecule has 1 aromatic carbocycles. The van der Waals surface area contributed by atoms with E-state index < -0.39 is 0 Å². The molecule has 2 N–H and O–H groups in total. The van der Waals surface area contributed by atoms with E-state index in [9.17, 15) is 0 Å². The molecule has 0 aliphatic carbocycles. The summed E-state index contributed by atoms with van der Waals surface area (Å²) in [6, 6.07) is 8.90. The van der Waals surface area contributed by atoms with Gasteiger partial charge in [0.05, 0.1) is 13.2 Å². The molecule has 0 saturated carbocycles. The van der Waals surface area contributed by atoms with E-state index in [1.165, 1.54) is 5.56 Å². The van der Waals surface area contributed by atoms with Gasteiger partial charge >= 0.3 is 0 Å². The average molecular weight is 290 g/mol. The number of nitrogens with two attached hydrogens (primary N) is 1. The van der Waals surface area contributed by atoms with Crippen LogP contribution in [0.15, 0.2) is 24.3 Å². The molecule has 2 fully saturated rings. The third-order valence-corrected chi connectivity index (χ3v) is 4.71. The highest BCUT2D eigenvalue weighted by Crippen LogP contribution is 2.38. The molecule has 0 spiro atoms. The van der Waals surface area contributed by atoms with Gasteiger partial charge in [-0.2, -0.15) is 0 Å². The number of hydrogen-bond acceptors (Lipinski definition) is 4. The van der Waals surface area contributed by atoms with Crippen molar-refractivity contribution >= 4 is 0 Å². The minimum Gasteiger partial charge on any atom is -0.490 e. The van der Waals surface area contributed by atoms with Gasteiger partial charge in [0, 0.05) is 31.0 Å². The van der Waals surface area contributed by atoms with Crippen LogP contribution >= 0.6 is 0 Å². The summed E-state index contributed by atoms with van der Waals surface area (Å²) < 4.78 is 11.7. The molecule has 2 aliphatic heterocycles. The Kier molecular flexibility index (Phi) is 4.78. The van der Waals surface area contributed by atoms with E-state index in [0.29, 0.717) is 12.0 Å². The summed E-state index contributed by atoms with van der Waals surface area (Å²) in [6.45, 7) is 3.47. The van der Waals surface area contributed by atoms with Gasteiger partial charge in [-0.3, -0.25) is 4.90 Å². The molecule has 0 bridgehead atoms. The third kappa shape index (κ3) is 3.39. The van der Waals surface area contributed by atoms with E-state index in [1.807, 2.05) is 0 Å². The van der Waals surface area contributed by atoms with Crippen LogP contribution in [0.25, 0.3) is 0 Å². The molecule has 2 atom stereocenters. The number of benzene rings is 1. The van der Waals surface area contributed by atoms with Crippen LogP contribution in [-0.4, -0.2) is 44.4 Å². The van der Waals surface area contributed by atoms with Gasteiger partial charge in [0.15, 0.2) is 0 Å². The zero-order chi connectivity index (χ0) is 14.7. The van der Waals surface area contributed by atoms with Crippen LogP contribution in [0.5, 0.6) is 5.75 Å². The largest absolute Gasteiger partial charge is 0.490 e. The molecule has 2 saturated heterocycles. The van der Waals surface area contributed by atoms with Gasteiger partial charge in [0.25, 0.3) is 0 Å². The van der Waals surface area contributed by atoms with Gasteiger partial charge in [0.1, 0.15) is 11.9 Å². The lowest BCUT2D eigenvalue weighted by atomic mass is 9.99. The first-order valence-electron chi connectivity index (χ1n) is 8.01. The molecule has 2 heterocycles. The zero-order valence-corrected chi connectivity index (χ0v) is 12.8. The number of para-hydroxylation sites is 1. The highest BCUT2D eigenvalue weighted by molar-refractivity contribution is 5.36. The molecule has 2 aliphatic rings. The van der Waals surface area contributed by atoms with Gasteiger partial charge in [-0.05, 0) is 32.0 Å². The molecule has 0 radical (unpaired) electrons. The average Bonchev–Trinajstić information content (AvgIpc) is 2.90. The zero-order valence-electron chi connectivity index (χ0n) is 12.8. The van der Waals surface area contributed by atoms with Crippen LogP contribution < -0.4 is 10.5 Å². The molecule has 0 aromatic heterocycles. The van der Waals surface area contributed by atoms with Crippen molar-refractivity contribution < 1.29 is 9.47 Å². The Morgan fingerprint density at radius 2 is 2.05 bits per heavy atom. The number of nitrogens with zero attached hydrogens (tertiary/aromatic N) is 1. The number of ether oxygens (including phenoxy) is 2. The summed E-state index contributed by atoms with van der Waals surface area (Å²) in [4.78, 5) is 2.41. The maximum atomic E-state index is 6.28. The second kappa shape index (κ2) is 6.77. The van der Waals surface area contributed by atoms with Crippen LogP contribution in [0.3, 0.4) is 0 Å². The van der Waals surface area contributed by atoms with E-state index in [2.05, 4.69) is 36.2 Å². The Hall–Kier alpha value is -1.10. The van der Waals surface area contributed by atoms with E-state index in [0.717, 1.165) is 51.3 Å². The van der Waals surface area contributed by atoms with Crippen molar-refractivity contribution in [3.05, 3.63) is 29.8 Å². The van der Waals surface area contributed by atoms with Crippen LogP contribution in [-0.2, 0) is 4.74 Å². The van der Waals surface area contributed by atoms with Gasteiger partial charge in [0.2, 0.25) is 0 Å². The van der Waals surface area contributed by atoms with Crippen LogP contribution in [0, 0.1) is 5.92 Å². The SMILES string of the molecule is CN1CC(CN)CC1c1ccccc1OC1CCOCC1. The fraction of sp³-hybridized carbons (Fsp3) is 0.647. The van der Waals surface area contributed by atoms with E-state index in [-0.39, 0.29) is 6.10 Å². The second-order valence-corrected chi connectivity index (χ2v) is 6.26. The standard InChI is InChI=1S/C17H26N2O2/c1-19-12-13(11-18)10-16(19)15-4-2-3-5-17(15)21-14-6-8-20-9-7-14/h2-5,13-14,16H,6-12,18H2,1H3. The molecule has 116 valence electrons. The lowest BCUT2D eigenvalue weighted by Gasteiger charge is -2.27. The van der Waals surface area contributed by atoms with Crippen molar-refractivity contribution in [2.75, 3.05) is 33.4 Å². The maximum Gasteiger partial charge on any atom is 0.124 e. The Balaban J connectivity index is 1.76. The minimum absolute atomic E-state index is 0.289. The molecule has 1 aromatic rings.